The highest BCUT2D eigenvalue weighted by atomic mass is 19.1. The van der Waals surface area contributed by atoms with Crippen LogP contribution in [0.15, 0.2) is 12.1 Å². The number of phenols is 1. The molecule has 1 fully saturated rings. The van der Waals surface area contributed by atoms with Gasteiger partial charge in [0, 0.05) is 13.1 Å². The molecule has 0 amide bonds. The molecule has 1 aromatic rings. The van der Waals surface area contributed by atoms with Crippen molar-refractivity contribution in [2.24, 2.45) is 0 Å². The summed E-state index contributed by atoms with van der Waals surface area (Å²) >= 11 is 0. The number of benzene rings is 1. The zero-order chi connectivity index (χ0) is 10.8. The molecule has 2 N–H and O–H groups in total. The molecule has 1 aliphatic heterocycles. The van der Waals surface area contributed by atoms with Crippen LogP contribution in [0.2, 0.25) is 0 Å². The number of morpholine rings is 1. The fourth-order valence-corrected chi connectivity index (χ4v) is 1.79. The van der Waals surface area contributed by atoms with E-state index in [1.54, 1.807) is 0 Å². The smallest absolute Gasteiger partial charge is 0.165 e. The van der Waals surface area contributed by atoms with E-state index in [0.717, 1.165) is 17.7 Å². The lowest BCUT2D eigenvalue weighted by Crippen LogP contribution is -2.33. The predicted octanol–water partition coefficient (Wildman–Crippen LogP) is 1.50. The van der Waals surface area contributed by atoms with E-state index in [9.17, 15) is 9.50 Å². The Balaban J connectivity index is 2.30. The Morgan fingerprint density at radius 1 is 1.53 bits per heavy atom. The van der Waals surface area contributed by atoms with Crippen LogP contribution in [0.5, 0.6) is 5.75 Å². The first-order valence-electron chi connectivity index (χ1n) is 5.00. The van der Waals surface area contributed by atoms with Gasteiger partial charge in [-0.2, -0.15) is 0 Å². The minimum absolute atomic E-state index is 0.0924. The molecular weight excluding hydrogens is 197 g/mol. The van der Waals surface area contributed by atoms with Crippen molar-refractivity contribution < 1.29 is 14.2 Å². The van der Waals surface area contributed by atoms with Crippen molar-refractivity contribution in [1.29, 1.82) is 0 Å². The number of halogens is 1. The Bertz CT molecular complexity index is 362. The maximum Gasteiger partial charge on any atom is 0.165 e. The fraction of sp³-hybridized carbons (Fsp3) is 0.455. The first kappa shape index (κ1) is 10.4. The van der Waals surface area contributed by atoms with Crippen LogP contribution in [-0.2, 0) is 4.74 Å². The van der Waals surface area contributed by atoms with Crippen molar-refractivity contribution in [3.05, 3.63) is 29.1 Å². The van der Waals surface area contributed by atoms with Gasteiger partial charge in [0.15, 0.2) is 11.6 Å². The molecule has 0 aliphatic carbocycles. The molecule has 1 heterocycles. The molecule has 0 saturated carbocycles. The molecule has 1 saturated heterocycles. The standard InChI is InChI=1S/C11H14FNO2/c1-7-4-9(12)10(14)5-8(7)11-6-13-2-3-15-11/h4-5,11,13-14H,2-3,6H2,1H3. The van der Waals surface area contributed by atoms with Crippen molar-refractivity contribution in [2.45, 2.75) is 13.0 Å². The van der Waals surface area contributed by atoms with Crippen molar-refractivity contribution in [2.75, 3.05) is 19.7 Å². The van der Waals surface area contributed by atoms with Crippen LogP contribution in [0.1, 0.15) is 17.2 Å². The number of phenolic OH excluding ortho intramolecular Hbond substituents is 1. The molecule has 1 aliphatic rings. The highest BCUT2D eigenvalue weighted by Gasteiger charge is 2.19. The van der Waals surface area contributed by atoms with E-state index in [-0.39, 0.29) is 11.9 Å². The van der Waals surface area contributed by atoms with Gasteiger partial charge in [0.25, 0.3) is 0 Å². The van der Waals surface area contributed by atoms with Crippen molar-refractivity contribution in [3.63, 3.8) is 0 Å². The summed E-state index contributed by atoms with van der Waals surface area (Å²) in [7, 11) is 0. The average molecular weight is 211 g/mol. The third-order valence-electron chi connectivity index (χ3n) is 2.61. The van der Waals surface area contributed by atoms with Crippen LogP contribution in [0.4, 0.5) is 4.39 Å². The molecule has 1 atom stereocenters. The molecular formula is C11H14FNO2. The Hall–Kier alpha value is -1.13. The van der Waals surface area contributed by atoms with E-state index < -0.39 is 5.82 Å². The molecule has 0 aromatic heterocycles. The Morgan fingerprint density at radius 2 is 2.33 bits per heavy atom. The van der Waals surface area contributed by atoms with Crippen LogP contribution in [0.3, 0.4) is 0 Å². The summed E-state index contributed by atoms with van der Waals surface area (Å²) in [4.78, 5) is 0. The number of aryl methyl sites for hydroxylation is 1. The second-order valence-electron chi connectivity index (χ2n) is 3.72. The third-order valence-corrected chi connectivity index (χ3v) is 2.61. The van der Waals surface area contributed by atoms with Crippen LogP contribution < -0.4 is 5.32 Å². The molecule has 0 radical (unpaired) electrons. The molecule has 3 nitrogen and oxygen atoms in total. The van der Waals surface area contributed by atoms with Crippen molar-refractivity contribution in [3.8, 4) is 5.75 Å². The molecule has 15 heavy (non-hydrogen) atoms. The molecule has 82 valence electrons. The van der Waals surface area contributed by atoms with E-state index in [0.29, 0.717) is 13.2 Å². The van der Waals surface area contributed by atoms with Gasteiger partial charge in [-0.05, 0) is 30.2 Å². The molecule has 1 aromatic carbocycles. The third kappa shape index (κ3) is 2.11. The minimum Gasteiger partial charge on any atom is -0.505 e. The largest absolute Gasteiger partial charge is 0.505 e. The van der Waals surface area contributed by atoms with Gasteiger partial charge in [-0.1, -0.05) is 0 Å². The number of aromatic hydroxyl groups is 1. The maximum absolute atomic E-state index is 13.0. The SMILES string of the molecule is Cc1cc(F)c(O)cc1C1CNCCO1. The number of nitrogens with one attached hydrogen (secondary N) is 1. The summed E-state index contributed by atoms with van der Waals surface area (Å²) in [6.07, 6.45) is -0.0924. The second-order valence-corrected chi connectivity index (χ2v) is 3.72. The second kappa shape index (κ2) is 4.16. The monoisotopic (exact) mass is 211 g/mol. The summed E-state index contributed by atoms with van der Waals surface area (Å²) in [6.45, 7) is 3.99. The number of ether oxygens (including phenoxy) is 1. The van der Waals surface area contributed by atoms with E-state index in [4.69, 9.17) is 4.74 Å². The fourth-order valence-electron chi connectivity index (χ4n) is 1.79. The zero-order valence-electron chi connectivity index (χ0n) is 8.59. The predicted molar refractivity (Wildman–Crippen MR) is 54.4 cm³/mol. The average Bonchev–Trinajstić information content (AvgIpc) is 2.25. The normalized spacial score (nSPS) is 21.6. The summed E-state index contributed by atoms with van der Waals surface area (Å²) in [5.74, 6) is -0.898. The first-order chi connectivity index (χ1) is 7.18. The highest BCUT2D eigenvalue weighted by molar-refractivity contribution is 5.37. The van der Waals surface area contributed by atoms with Gasteiger partial charge < -0.3 is 15.2 Å². The summed E-state index contributed by atoms with van der Waals surface area (Å²) < 4.78 is 18.6. The summed E-state index contributed by atoms with van der Waals surface area (Å²) in [5, 5.41) is 12.5. The number of hydrogen-bond donors (Lipinski definition) is 2. The number of hydrogen-bond acceptors (Lipinski definition) is 3. The van der Waals surface area contributed by atoms with Crippen LogP contribution in [-0.4, -0.2) is 24.8 Å². The molecule has 0 bridgehead atoms. The van der Waals surface area contributed by atoms with Gasteiger partial charge in [0.1, 0.15) is 0 Å². The maximum atomic E-state index is 13.0. The Labute approximate surface area is 87.9 Å². The van der Waals surface area contributed by atoms with Crippen LogP contribution in [0, 0.1) is 12.7 Å². The molecule has 0 spiro atoms. The highest BCUT2D eigenvalue weighted by Crippen LogP contribution is 2.28. The van der Waals surface area contributed by atoms with Gasteiger partial charge in [-0.25, -0.2) is 4.39 Å². The van der Waals surface area contributed by atoms with E-state index in [1.807, 2.05) is 6.92 Å². The van der Waals surface area contributed by atoms with Gasteiger partial charge >= 0.3 is 0 Å². The van der Waals surface area contributed by atoms with Gasteiger partial charge in [-0.3, -0.25) is 0 Å². The minimum atomic E-state index is -0.583. The van der Waals surface area contributed by atoms with E-state index in [1.165, 1.54) is 12.1 Å². The van der Waals surface area contributed by atoms with Gasteiger partial charge in [-0.15, -0.1) is 0 Å². The molecule has 2 rings (SSSR count). The Morgan fingerprint density at radius 3 is 3.00 bits per heavy atom. The van der Waals surface area contributed by atoms with E-state index >= 15 is 0 Å². The zero-order valence-corrected chi connectivity index (χ0v) is 8.59. The summed E-state index contributed by atoms with van der Waals surface area (Å²) in [5.41, 5.74) is 1.65. The quantitative estimate of drug-likeness (QED) is 0.739. The molecule has 1 unspecified atom stereocenters. The van der Waals surface area contributed by atoms with Crippen LogP contribution >= 0.6 is 0 Å². The van der Waals surface area contributed by atoms with Crippen LogP contribution in [0.25, 0.3) is 0 Å². The van der Waals surface area contributed by atoms with Gasteiger partial charge in [0.2, 0.25) is 0 Å². The number of rotatable bonds is 1. The summed E-state index contributed by atoms with van der Waals surface area (Å²) in [6, 6.07) is 2.78. The molecule has 4 heteroatoms. The lowest BCUT2D eigenvalue weighted by molar-refractivity contribution is 0.0271. The van der Waals surface area contributed by atoms with E-state index in [2.05, 4.69) is 5.32 Å². The van der Waals surface area contributed by atoms with Crippen molar-refractivity contribution in [1.82, 2.24) is 5.32 Å². The topological polar surface area (TPSA) is 41.5 Å². The lowest BCUT2D eigenvalue weighted by Gasteiger charge is -2.25. The Kier molecular flexibility index (Phi) is 2.88. The lowest BCUT2D eigenvalue weighted by atomic mass is 10.0. The van der Waals surface area contributed by atoms with Crippen molar-refractivity contribution >= 4 is 0 Å². The first-order valence-corrected chi connectivity index (χ1v) is 5.00. The van der Waals surface area contributed by atoms with Gasteiger partial charge in [0.05, 0.1) is 12.7 Å².